The smallest absolute Gasteiger partial charge is 0.119 e. The fraction of sp³-hybridized carbons (Fsp3) is 1.00. The Kier molecular flexibility index (Phi) is 1.97. The number of rotatable bonds is 1. The maximum Gasteiger partial charge on any atom is 0.119 e. The number of methoxy groups -OCH3 is 1. The van der Waals surface area contributed by atoms with Crippen molar-refractivity contribution in [1.82, 2.24) is 9.80 Å². The van der Waals surface area contributed by atoms with Crippen LogP contribution >= 0.6 is 0 Å². The SMILES string of the molecule is COC12CN3CCN(CC(C)(C3)C1O)C2. The van der Waals surface area contributed by atoms with E-state index in [4.69, 9.17) is 4.74 Å². The summed E-state index contributed by atoms with van der Waals surface area (Å²) in [5.41, 5.74) is -0.356. The molecule has 4 heterocycles. The molecule has 0 aromatic heterocycles. The van der Waals surface area contributed by atoms with Crippen LogP contribution in [-0.2, 0) is 4.74 Å². The molecule has 0 amide bonds. The van der Waals surface area contributed by atoms with Gasteiger partial charge < -0.3 is 9.84 Å². The van der Waals surface area contributed by atoms with Gasteiger partial charge in [0.2, 0.25) is 0 Å². The molecule has 4 aliphatic heterocycles. The summed E-state index contributed by atoms with van der Waals surface area (Å²) in [4.78, 5) is 4.90. The lowest BCUT2D eigenvalue weighted by Gasteiger charge is -2.57. The van der Waals surface area contributed by atoms with Crippen LogP contribution in [0.15, 0.2) is 0 Å². The van der Waals surface area contributed by atoms with E-state index in [1.807, 2.05) is 0 Å². The molecule has 4 rings (SSSR count). The number of hydrogen-bond acceptors (Lipinski definition) is 4. The van der Waals surface area contributed by atoms with Crippen molar-refractivity contribution >= 4 is 0 Å². The molecule has 0 aromatic rings. The number of nitrogens with zero attached hydrogens (tertiary/aromatic N) is 2. The van der Waals surface area contributed by atoms with E-state index < -0.39 is 0 Å². The van der Waals surface area contributed by atoms with Crippen LogP contribution in [0.3, 0.4) is 0 Å². The zero-order valence-corrected chi connectivity index (χ0v) is 9.57. The number of piperidine rings is 2. The quantitative estimate of drug-likeness (QED) is 0.628. The Morgan fingerprint density at radius 2 is 1.67 bits per heavy atom. The summed E-state index contributed by atoms with van der Waals surface area (Å²) < 4.78 is 5.67. The number of aliphatic hydroxyl groups excluding tert-OH is 1. The third-order valence-electron chi connectivity index (χ3n) is 4.45. The Morgan fingerprint density at radius 1 is 1.13 bits per heavy atom. The lowest BCUT2D eigenvalue weighted by atomic mass is 9.68. The van der Waals surface area contributed by atoms with Gasteiger partial charge in [-0.2, -0.15) is 0 Å². The molecule has 4 heteroatoms. The van der Waals surface area contributed by atoms with E-state index in [1.165, 1.54) is 0 Å². The van der Waals surface area contributed by atoms with E-state index in [2.05, 4.69) is 16.7 Å². The van der Waals surface area contributed by atoms with E-state index in [0.717, 1.165) is 39.3 Å². The number of aliphatic hydroxyl groups is 1. The van der Waals surface area contributed by atoms with Gasteiger partial charge in [0.05, 0.1) is 6.10 Å². The maximum absolute atomic E-state index is 10.5. The molecular weight excluding hydrogens is 192 g/mol. The van der Waals surface area contributed by atoms with Crippen molar-refractivity contribution in [2.45, 2.75) is 18.6 Å². The van der Waals surface area contributed by atoms with Crippen LogP contribution in [0.1, 0.15) is 6.92 Å². The fourth-order valence-corrected chi connectivity index (χ4v) is 3.81. The van der Waals surface area contributed by atoms with E-state index in [1.54, 1.807) is 7.11 Å². The molecule has 15 heavy (non-hydrogen) atoms. The first kappa shape index (κ1) is 10.0. The third-order valence-corrected chi connectivity index (χ3v) is 4.45. The first-order valence-electron chi connectivity index (χ1n) is 5.76. The zero-order chi connectivity index (χ0) is 10.7. The highest BCUT2D eigenvalue weighted by Crippen LogP contribution is 2.43. The van der Waals surface area contributed by atoms with Gasteiger partial charge in [0.15, 0.2) is 0 Å². The zero-order valence-electron chi connectivity index (χ0n) is 9.57. The van der Waals surface area contributed by atoms with Gasteiger partial charge in [0.1, 0.15) is 5.60 Å². The Balaban J connectivity index is 2.04. The molecular formula is C11H20N2O2. The topological polar surface area (TPSA) is 35.9 Å². The van der Waals surface area contributed by atoms with Crippen LogP contribution < -0.4 is 0 Å². The lowest BCUT2D eigenvalue weighted by Crippen LogP contribution is -2.72. The summed E-state index contributed by atoms with van der Waals surface area (Å²) in [6, 6.07) is 0. The third kappa shape index (κ3) is 1.22. The minimum atomic E-state index is -0.345. The second-order valence-corrected chi connectivity index (χ2v) is 5.75. The summed E-state index contributed by atoms with van der Waals surface area (Å²) >= 11 is 0. The van der Waals surface area contributed by atoms with Crippen LogP contribution in [0.25, 0.3) is 0 Å². The normalized spacial score (nSPS) is 58.2. The number of fused-ring (bicyclic) bond motifs is 1. The molecule has 4 saturated heterocycles. The lowest BCUT2D eigenvalue weighted by molar-refractivity contribution is -0.218. The molecule has 0 aliphatic carbocycles. The van der Waals surface area contributed by atoms with Crippen molar-refractivity contribution in [2.24, 2.45) is 5.41 Å². The van der Waals surface area contributed by atoms with Gasteiger partial charge in [0, 0.05) is 51.8 Å². The molecule has 4 fully saturated rings. The van der Waals surface area contributed by atoms with Crippen molar-refractivity contribution < 1.29 is 9.84 Å². The molecule has 0 radical (unpaired) electrons. The molecule has 86 valence electrons. The van der Waals surface area contributed by atoms with Crippen molar-refractivity contribution in [3.63, 3.8) is 0 Å². The highest BCUT2D eigenvalue weighted by atomic mass is 16.5. The largest absolute Gasteiger partial charge is 0.389 e. The summed E-state index contributed by atoms with van der Waals surface area (Å²) in [6.07, 6.45) is -0.319. The molecule has 3 unspecified atom stereocenters. The maximum atomic E-state index is 10.5. The van der Waals surface area contributed by atoms with Crippen LogP contribution in [-0.4, -0.2) is 73.0 Å². The standard InChI is InChI=1S/C11H20N2O2/c1-10-5-12-3-4-13(6-10)8-11(7-12,15-2)9(10)14/h9,14H,3-8H2,1-2H3. The van der Waals surface area contributed by atoms with Crippen LogP contribution in [0.2, 0.25) is 0 Å². The molecule has 0 aromatic carbocycles. The van der Waals surface area contributed by atoms with Crippen LogP contribution in [0, 0.1) is 5.41 Å². The summed E-state index contributed by atoms with van der Waals surface area (Å²) in [6.45, 7) is 8.22. The van der Waals surface area contributed by atoms with E-state index in [-0.39, 0.29) is 17.1 Å². The molecule has 0 spiro atoms. The Morgan fingerprint density at radius 3 is 2.13 bits per heavy atom. The van der Waals surface area contributed by atoms with Crippen molar-refractivity contribution in [3.8, 4) is 0 Å². The molecule has 4 nitrogen and oxygen atoms in total. The van der Waals surface area contributed by atoms with Gasteiger partial charge in [-0.15, -0.1) is 0 Å². The summed E-state index contributed by atoms with van der Waals surface area (Å²) in [7, 11) is 1.74. The first-order chi connectivity index (χ1) is 7.08. The summed E-state index contributed by atoms with van der Waals surface area (Å²) in [5.74, 6) is 0. The first-order valence-corrected chi connectivity index (χ1v) is 5.76. The predicted molar refractivity (Wildman–Crippen MR) is 56.7 cm³/mol. The van der Waals surface area contributed by atoms with E-state index >= 15 is 0 Å². The second kappa shape index (κ2) is 2.94. The van der Waals surface area contributed by atoms with Crippen molar-refractivity contribution in [3.05, 3.63) is 0 Å². The van der Waals surface area contributed by atoms with Gasteiger partial charge >= 0.3 is 0 Å². The van der Waals surface area contributed by atoms with Gasteiger partial charge in [-0.25, -0.2) is 0 Å². The highest BCUT2D eigenvalue weighted by Gasteiger charge is 2.59. The van der Waals surface area contributed by atoms with Gasteiger partial charge in [0.25, 0.3) is 0 Å². The highest BCUT2D eigenvalue weighted by molar-refractivity contribution is 5.12. The van der Waals surface area contributed by atoms with Crippen molar-refractivity contribution in [2.75, 3.05) is 46.4 Å². The Hall–Kier alpha value is -0.160. The monoisotopic (exact) mass is 212 g/mol. The van der Waals surface area contributed by atoms with Gasteiger partial charge in [-0.3, -0.25) is 9.80 Å². The van der Waals surface area contributed by atoms with Crippen molar-refractivity contribution in [1.29, 1.82) is 0 Å². The average molecular weight is 212 g/mol. The molecule has 1 N–H and O–H groups in total. The predicted octanol–water partition coefficient (Wildman–Crippen LogP) is -0.616. The molecule has 4 aliphatic rings. The van der Waals surface area contributed by atoms with Gasteiger partial charge in [-0.1, -0.05) is 6.92 Å². The molecule has 4 bridgehead atoms. The fourth-order valence-electron chi connectivity index (χ4n) is 3.81. The summed E-state index contributed by atoms with van der Waals surface area (Å²) in [5, 5.41) is 10.5. The van der Waals surface area contributed by atoms with Crippen LogP contribution in [0.4, 0.5) is 0 Å². The van der Waals surface area contributed by atoms with Crippen LogP contribution in [0.5, 0.6) is 0 Å². The molecule has 0 saturated carbocycles. The average Bonchev–Trinajstić information content (AvgIpc) is 2.41. The van der Waals surface area contributed by atoms with E-state index in [0.29, 0.717) is 0 Å². The minimum Gasteiger partial charge on any atom is -0.389 e. The Bertz CT molecular complexity index is 266. The Labute approximate surface area is 90.8 Å². The minimum absolute atomic E-state index is 0.0109. The number of ether oxygens (including phenoxy) is 1. The second-order valence-electron chi connectivity index (χ2n) is 5.75. The van der Waals surface area contributed by atoms with E-state index in [9.17, 15) is 5.11 Å². The van der Waals surface area contributed by atoms with Gasteiger partial charge in [-0.05, 0) is 0 Å². The number of hydrogen-bond donors (Lipinski definition) is 1. The molecule has 3 atom stereocenters.